The molecule has 0 atom stereocenters. The van der Waals surface area contributed by atoms with Crippen molar-refractivity contribution in [2.24, 2.45) is 0 Å². The second kappa shape index (κ2) is 4.78. The highest BCUT2D eigenvalue weighted by atomic mass is 16.5. The largest absolute Gasteiger partial charge is 0.496 e. The van der Waals surface area contributed by atoms with Crippen LogP contribution in [0.5, 0.6) is 5.75 Å². The number of carboxylic acid groups (broad SMARTS) is 1. The number of rotatable bonds is 3. The first kappa shape index (κ1) is 13.6. The standard InChI is InChI=1S/C14H20O3/c1-9-6-7-11(14(2,3)4)13(17-5)10(9)8-12(15)16/h6-7H,8H2,1-5H3,(H,15,16). The molecule has 94 valence electrons. The molecule has 1 aromatic carbocycles. The number of aliphatic carboxylic acids is 1. The number of benzene rings is 1. The summed E-state index contributed by atoms with van der Waals surface area (Å²) in [5, 5.41) is 8.95. The van der Waals surface area contributed by atoms with Crippen LogP contribution in [0.3, 0.4) is 0 Å². The molecule has 0 spiro atoms. The predicted octanol–water partition coefficient (Wildman–Crippen LogP) is 2.93. The van der Waals surface area contributed by atoms with Gasteiger partial charge in [-0.2, -0.15) is 0 Å². The number of hydrogen-bond acceptors (Lipinski definition) is 2. The Morgan fingerprint density at radius 3 is 2.35 bits per heavy atom. The lowest BCUT2D eigenvalue weighted by Gasteiger charge is -2.24. The predicted molar refractivity (Wildman–Crippen MR) is 67.8 cm³/mol. The van der Waals surface area contributed by atoms with Crippen molar-refractivity contribution in [2.45, 2.75) is 39.5 Å². The van der Waals surface area contributed by atoms with E-state index in [9.17, 15) is 4.79 Å². The summed E-state index contributed by atoms with van der Waals surface area (Å²) in [6.45, 7) is 8.17. The van der Waals surface area contributed by atoms with Crippen LogP contribution in [0.25, 0.3) is 0 Å². The summed E-state index contributed by atoms with van der Waals surface area (Å²) in [6, 6.07) is 3.97. The molecule has 0 radical (unpaired) electrons. The van der Waals surface area contributed by atoms with E-state index < -0.39 is 5.97 Å². The monoisotopic (exact) mass is 236 g/mol. The lowest BCUT2D eigenvalue weighted by molar-refractivity contribution is -0.136. The van der Waals surface area contributed by atoms with E-state index in [4.69, 9.17) is 9.84 Å². The van der Waals surface area contributed by atoms with Crippen LogP contribution in [-0.4, -0.2) is 18.2 Å². The van der Waals surface area contributed by atoms with E-state index in [1.165, 1.54) is 0 Å². The molecule has 1 aromatic rings. The molecule has 0 aliphatic rings. The summed E-state index contributed by atoms with van der Waals surface area (Å²) in [5.74, 6) is -0.127. The average Bonchev–Trinajstić information content (AvgIpc) is 2.18. The van der Waals surface area contributed by atoms with Crippen molar-refractivity contribution in [1.29, 1.82) is 0 Å². The SMILES string of the molecule is COc1c(C(C)(C)C)ccc(C)c1CC(=O)O. The Balaban J connectivity index is 3.41. The molecule has 0 unspecified atom stereocenters. The van der Waals surface area contributed by atoms with Crippen LogP contribution < -0.4 is 4.74 Å². The van der Waals surface area contributed by atoms with E-state index in [-0.39, 0.29) is 11.8 Å². The van der Waals surface area contributed by atoms with Crippen LogP contribution in [0.15, 0.2) is 12.1 Å². The maximum Gasteiger partial charge on any atom is 0.307 e. The maximum atomic E-state index is 10.9. The highest BCUT2D eigenvalue weighted by Gasteiger charge is 2.22. The topological polar surface area (TPSA) is 46.5 Å². The van der Waals surface area contributed by atoms with Crippen LogP contribution in [0.4, 0.5) is 0 Å². The van der Waals surface area contributed by atoms with E-state index in [0.29, 0.717) is 5.75 Å². The summed E-state index contributed by atoms with van der Waals surface area (Å²) in [7, 11) is 1.59. The number of ether oxygens (including phenoxy) is 1. The lowest BCUT2D eigenvalue weighted by atomic mass is 9.83. The summed E-state index contributed by atoms with van der Waals surface area (Å²) in [5.41, 5.74) is 2.71. The zero-order valence-corrected chi connectivity index (χ0v) is 11.1. The van der Waals surface area contributed by atoms with Crippen LogP contribution >= 0.6 is 0 Å². The van der Waals surface area contributed by atoms with Crippen molar-refractivity contribution in [3.8, 4) is 5.75 Å². The third-order valence-electron chi connectivity index (χ3n) is 2.83. The third kappa shape index (κ3) is 2.99. The Labute approximate surface area is 102 Å². The van der Waals surface area contributed by atoms with Gasteiger partial charge in [-0.25, -0.2) is 0 Å². The molecule has 0 saturated heterocycles. The van der Waals surface area contributed by atoms with Crippen LogP contribution in [0.1, 0.15) is 37.5 Å². The summed E-state index contributed by atoms with van der Waals surface area (Å²) < 4.78 is 5.42. The van der Waals surface area contributed by atoms with Gasteiger partial charge in [0.25, 0.3) is 0 Å². The molecule has 1 N–H and O–H groups in total. The second-order valence-corrected chi connectivity index (χ2v) is 5.26. The molecule has 17 heavy (non-hydrogen) atoms. The molecule has 0 aliphatic heterocycles. The summed E-state index contributed by atoms with van der Waals surface area (Å²) >= 11 is 0. The maximum absolute atomic E-state index is 10.9. The molecule has 0 aromatic heterocycles. The smallest absolute Gasteiger partial charge is 0.307 e. The molecule has 0 fully saturated rings. The van der Waals surface area contributed by atoms with E-state index >= 15 is 0 Å². The van der Waals surface area contributed by atoms with Gasteiger partial charge in [0, 0.05) is 5.56 Å². The van der Waals surface area contributed by atoms with Gasteiger partial charge in [-0.15, -0.1) is 0 Å². The molecule has 3 heteroatoms. The number of hydrogen-bond donors (Lipinski definition) is 1. The van der Waals surface area contributed by atoms with Gasteiger partial charge in [-0.05, 0) is 23.5 Å². The Bertz CT molecular complexity index is 428. The number of carboxylic acids is 1. The van der Waals surface area contributed by atoms with Crippen molar-refractivity contribution in [1.82, 2.24) is 0 Å². The molecule has 0 bridgehead atoms. The first-order valence-corrected chi connectivity index (χ1v) is 5.66. The quantitative estimate of drug-likeness (QED) is 0.877. The Morgan fingerprint density at radius 2 is 1.94 bits per heavy atom. The van der Waals surface area contributed by atoms with Gasteiger partial charge in [0.15, 0.2) is 0 Å². The van der Waals surface area contributed by atoms with Crippen molar-refractivity contribution in [3.05, 3.63) is 28.8 Å². The lowest BCUT2D eigenvalue weighted by Crippen LogP contribution is -2.15. The van der Waals surface area contributed by atoms with Crippen molar-refractivity contribution in [3.63, 3.8) is 0 Å². The molecular weight excluding hydrogens is 216 g/mol. The molecule has 0 amide bonds. The second-order valence-electron chi connectivity index (χ2n) is 5.26. The Morgan fingerprint density at radius 1 is 1.35 bits per heavy atom. The summed E-state index contributed by atoms with van der Waals surface area (Å²) in [6.07, 6.45) is -0.00106. The van der Waals surface area contributed by atoms with Gasteiger partial charge in [0.1, 0.15) is 5.75 Å². The zero-order chi connectivity index (χ0) is 13.2. The Hall–Kier alpha value is -1.51. The first-order valence-electron chi connectivity index (χ1n) is 5.66. The van der Waals surface area contributed by atoms with Crippen molar-refractivity contribution in [2.75, 3.05) is 7.11 Å². The van der Waals surface area contributed by atoms with Gasteiger partial charge in [0.05, 0.1) is 13.5 Å². The van der Waals surface area contributed by atoms with Crippen molar-refractivity contribution >= 4 is 5.97 Å². The van der Waals surface area contributed by atoms with Crippen molar-refractivity contribution < 1.29 is 14.6 Å². The minimum Gasteiger partial charge on any atom is -0.496 e. The molecular formula is C14H20O3. The zero-order valence-electron chi connectivity index (χ0n) is 11.1. The fourth-order valence-electron chi connectivity index (χ4n) is 1.92. The van der Waals surface area contributed by atoms with E-state index in [1.54, 1.807) is 7.11 Å². The third-order valence-corrected chi connectivity index (χ3v) is 2.83. The van der Waals surface area contributed by atoms with Gasteiger partial charge in [-0.3, -0.25) is 4.79 Å². The number of aryl methyl sites for hydroxylation is 1. The van der Waals surface area contributed by atoms with Crippen LogP contribution in [-0.2, 0) is 16.6 Å². The highest BCUT2D eigenvalue weighted by molar-refractivity contribution is 5.72. The van der Waals surface area contributed by atoms with E-state index in [2.05, 4.69) is 20.8 Å². The number of carbonyl (C=O) groups is 1. The fraction of sp³-hybridized carbons (Fsp3) is 0.500. The fourth-order valence-corrected chi connectivity index (χ4v) is 1.92. The molecule has 0 aliphatic carbocycles. The first-order chi connectivity index (χ1) is 7.77. The van der Waals surface area contributed by atoms with Gasteiger partial charge in [0.2, 0.25) is 0 Å². The molecule has 0 saturated carbocycles. The Kier molecular flexibility index (Phi) is 3.81. The van der Waals surface area contributed by atoms with Gasteiger partial charge < -0.3 is 9.84 Å². The minimum atomic E-state index is -0.836. The molecule has 1 rings (SSSR count). The van der Waals surface area contributed by atoms with E-state index in [1.807, 2.05) is 19.1 Å². The normalized spacial score (nSPS) is 11.4. The van der Waals surface area contributed by atoms with Crippen LogP contribution in [0, 0.1) is 6.92 Å². The highest BCUT2D eigenvalue weighted by Crippen LogP contribution is 2.35. The van der Waals surface area contributed by atoms with Gasteiger partial charge in [-0.1, -0.05) is 32.9 Å². The summed E-state index contributed by atoms with van der Waals surface area (Å²) in [4.78, 5) is 10.9. The van der Waals surface area contributed by atoms with E-state index in [0.717, 1.165) is 16.7 Å². The average molecular weight is 236 g/mol. The minimum absolute atomic E-state index is 0.00106. The van der Waals surface area contributed by atoms with Crippen LogP contribution in [0.2, 0.25) is 0 Å². The van der Waals surface area contributed by atoms with Gasteiger partial charge >= 0.3 is 5.97 Å². The molecule has 3 nitrogen and oxygen atoms in total. The number of methoxy groups -OCH3 is 1. The molecule has 0 heterocycles.